The van der Waals surface area contributed by atoms with Crippen LogP contribution in [0, 0.1) is 0 Å². The van der Waals surface area contributed by atoms with Crippen LogP contribution in [0.15, 0.2) is 30.6 Å². The Labute approximate surface area is 119 Å². The number of aryl methyl sites for hydroxylation is 2. The normalized spacial score (nSPS) is 14.4. The third-order valence-electron chi connectivity index (χ3n) is 3.50. The maximum atomic E-state index is 5.15. The Hall–Kier alpha value is -1.88. The van der Waals surface area contributed by atoms with Crippen molar-refractivity contribution in [3.05, 3.63) is 42.0 Å². The van der Waals surface area contributed by atoms with Gasteiger partial charge in [0.05, 0.1) is 13.7 Å². The van der Waals surface area contributed by atoms with E-state index in [0.29, 0.717) is 6.04 Å². The van der Waals surface area contributed by atoms with Crippen molar-refractivity contribution in [2.75, 3.05) is 7.11 Å². The summed E-state index contributed by atoms with van der Waals surface area (Å²) < 4.78 is 7.06. The first-order chi connectivity index (χ1) is 9.83. The highest BCUT2D eigenvalue weighted by molar-refractivity contribution is 5.27. The molecule has 0 aliphatic heterocycles. The van der Waals surface area contributed by atoms with Gasteiger partial charge >= 0.3 is 0 Å². The average Bonchev–Trinajstić information content (AvgIpc) is 3.22. The topological polar surface area (TPSA) is 52.0 Å². The predicted octanol–water partition coefficient (Wildman–Crippen LogP) is 1.78. The van der Waals surface area contributed by atoms with E-state index in [0.717, 1.165) is 31.1 Å². The van der Waals surface area contributed by atoms with Crippen molar-refractivity contribution in [1.82, 2.24) is 20.1 Å². The van der Waals surface area contributed by atoms with Gasteiger partial charge in [0.25, 0.3) is 0 Å². The molecule has 1 fully saturated rings. The first-order valence-electron chi connectivity index (χ1n) is 7.08. The minimum absolute atomic E-state index is 0.696. The average molecular weight is 272 g/mol. The largest absolute Gasteiger partial charge is 0.497 e. The lowest BCUT2D eigenvalue weighted by atomic mass is 10.1. The van der Waals surface area contributed by atoms with Crippen molar-refractivity contribution in [3.63, 3.8) is 0 Å². The van der Waals surface area contributed by atoms with E-state index in [2.05, 4.69) is 27.5 Å². The van der Waals surface area contributed by atoms with E-state index >= 15 is 0 Å². The minimum atomic E-state index is 0.696. The van der Waals surface area contributed by atoms with E-state index in [-0.39, 0.29) is 0 Å². The summed E-state index contributed by atoms with van der Waals surface area (Å²) in [7, 11) is 1.68. The van der Waals surface area contributed by atoms with Crippen molar-refractivity contribution in [3.8, 4) is 5.75 Å². The first kappa shape index (κ1) is 13.1. The quantitative estimate of drug-likeness (QED) is 0.835. The Bertz CT molecular complexity index is 545. The number of aromatic nitrogens is 3. The fourth-order valence-electron chi connectivity index (χ4n) is 2.08. The monoisotopic (exact) mass is 272 g/mol. The van der Waals surface area contributed by atoms with Crippen LogP contribution in [0.2, 0.25) is 0 Å². The van der Waals surface area contributed by atoms with Crippen molar-refractivity contribution in [2.45, 2.75) is 38.4 Å². The second-order valence-electron chi connectivity index (χ2n) is 5.18. The molecule has 5 nitrogen and oxygen atoms in total. The zero-order valence-corrected chi connectivity index (χ0v) is 11.7. The van der Waals surface area contributed by atoms with E-state index < -0.39 is 0 Å². The van der Waals surface area contributed by atoms with Crippen LogP contribution in [0.4, 0.5) is 0 Å². The first-order valence-corrected chi connectivity index (χ1v) is 7.08. The number of nitrogens with zero attached hydrogens (tertiary/aromatic N) is 3. The highest BCUT2D eigenvalue weighted by Crippen LogP contribution is 2.18. The molecule has 0 spiro atoms. The number of methoxy groups -OCH3 is 1. The SMILES string of the molecule is COc1ccc(CCn2cnc(CNC3CC3)n2)cc1. The number of ether oxygens (including phenoxy) is 1. The molecule has 20 heavy (non-hydrogen) atoms. The van der Waals surface area contributed by atoms with Gasteiger partial charge in [-0.05, 0) is 37.0 Å². The molecule has 0 atom stereocenters. The van der Waals surface area contributed by atoms with Gasteiger partial charge in [-0.3, -0.25) is 4.68 Å². The Morgan fingerprint density at radius 2 is 2.10 bits per heavy atom. The standard InChI is InChI=1S/C15H20N4O/c1-20-14-6-2-12(3-7-14)8-9-19-11-17-15(18-19)10-16-13-4-5-13/h2-3,6-7,11,13,16H,4-5,8-10H2,1H3. The van der Waals surface area contributed by atoms with Gasteiger partial charge in [0.2, 0.25) is 0 Å². The fourth-order valence-corrected chi connectivity index (χ4v) is 2.08. The molecule has 0 radical (unpaired) electrons. The van der Waals surface area contributed by atoms with Gasteiger partial charge in [-0.15, -0.1) is 0 Å². The van der Waals surface area contributed by atoms with Gasteiger partial charge in [-0.2, -0.15) is 5.10 Å². The second kappa shape index (κ2) is 6.05. The maximum Gasteiger partial charge on any atom is 0.164 e. The maximum absolute atomic E-state index is 5.15. The van der Waals surface area contributed by atoms with Crippen LogP contribution >= 0.6 is 0 Å². The van der Waals surface area contributed by atoms with E-state index in [1.54, 1.807) is 7.11 Å². The smallest absolute Gasteiger partial charge is 0.164 e. The molecule has 0 saturated heterocycles. The molecule has 5 heteroatoms. The van der Waals surface area contributed by atoms with Gasteiger partial charge in [-0.25, -0.2) is 4.98 Å². The lowest BCUT2D eigenvalue weighted by molar-refractivity contribution is 0.414. The predicted molar refractivity (Wildman–Crippen MR) is 76.6 cm³/mol. The highest BCUT2D eigenvalue weighted by atomic mass is 16.5. The number of hydrogen-bond donors (Lipinski definition) is 1. The van der Waals surface area contributed by atoms with Gasteiger partial charge in [0, 0.05) is 12.6 Å². The molecule has 1 heterocycles. The Morgan fingerprint density at radius 3 is 2.80 bits per heavy atom. The number of nitrogens with one attached hydrogen (secondary N) is 1. The number of hydrogen-bond acceptors (Lipinski definition) is 4. The molecule has 0 bridgehead atoms. The molecule has 1 aromatic heterocycles. The molecule has 3 rings (SSSR count). The van der Waals surface area contributed by atoms with Crippen LogP contribution < -0.4 is 10.1 Å². The molecule has 1 N–H and O–H groups in total. The molecule has 0 amide bonds. The van der Waals surface area contributed by atoms with Crippen LogP contribution in [0.3, 0.4) is 0 Å². The van der Waals surface area contributed by atoms with E-state index in [4.69, 9.17) is 4.74 Å². The van der Waals surface area contributed by atoms with Crippen molar-refractivity contribution >= 4 is 0 Å². The highest BCUT2D eigenvalue weighted by Gasteiger charge is 2.20. The lowest BCUT2D eigenvalue weighted by Gasteiger charge is -2.03. The van der Waals surface area contributed by atoms with Crippen molar-refractivity contribution in [2.24, 2.45) is 0 Å². The Kier molecular flexibility index (Phi) is 3.97. The van der Waals surface area contributed by atoms with Gasteiger partial charge < -0.3 is 10.1 Å². The zero-order chi connectivity index (χ0) is 13.8. The summed E-state index contributed by atoms with van der Waals surface area (Å²) in [5.41, 5.74) is 1.28. The lowest BCUT2D eigenvalue weighted by Crippen LogP contribution is -2.16. The van der Waals surface area contributed by atoms with Crippen molar-refractivity contribution in [1.29, 1.82) is 0 Å². The van der Waals surface area contributed by atoms with E-state index in [1.165, 1.54) is 18.4 Å². The molecular formula is C15H20N4O. The van der Waals surface area contributed by atoms with Crippen molar-refractivity contribution < 1.29 is 4.74 Å². The summed E-state index contributed by atoms with van der Waals surface area (Å²) in [4.78, 5) is 4.32. The number of rotatable bonds is 7. The molecule has 106 valence electrons. The van der Waals surface area contributed by atoms with Crippen LogP contribution in [0.5, 0.6) is 5.75 Å². The summed E-state index contributed by atoms with van der Waals surface area (Å²) in [5.74, 6) is 1.77. The molecule has 1 saturated carbocycles. The Morgan fingerprint density at radius 1 is 1.30 bits per heavy atom. The van der Waals surface area contributed by atoms with E-state index in [1.807, 2.05) is 23.1 Å². The molecule has 0 unspecified atom stereocenters. The summed E-state index contributed by atoms with van der Waals surface area (Å²) in [6, 6.07) is 8.85. The van der Waals surface area contributed by atoms with Crippen LogP contribution in [-0.4, -0.2) is 27.9 Å². The third kappa shape index (κ3) is 3.57. The van der Waals surface area contributed by atoms with Crippen LogP contribution in [-0.2, 0) is 19.5 Å². The zero-order valence-electron chi connectivity index (χ0n) is 11.7. The van der Waals surface area contributed by atoms with Gasteiger partial charge in [-0.1, -0.05) is 12.1 Å². The summed E-state index contributed by atoms with van der Waals surface area (Å²) in [6.45, 7) is 1.63. The summed E-state index contributed by atoms with van der Waals surface area (Å²) in [6.07, 6.45) is 5.34. The van der Waals surface area contributed by atoms with Crippen LogP contribution in [0.1, 0.15) is 24.2 Å². The molecular weight excluding hydrogens is 252 g/mol. The summed E-state index contributed by atoms with van der Waals surface area (Å²) in [5, 5.41) is 7.90. The molecule has 2 aromatic rings. The van der Waals surface area contributed by atoms with E-state index in [9.17, 15) is 0 Å². The molecule has 1 aromatic carbocycles. The molecule has 1 aliphatic carbocycles. The summed E-state index contributed by atoms with van der Waals surface area (Å²) >= 11 is 0. The Balaban J connectivity index is 1.49. The van der Waals surface area contributed by atoms with Gasteiger partial charge in [0.1, 0.15) is 12.1 Å². The van der Waals surface area contributed by atoms with Gasteiger partial charge in [0.15, 0.2) is 5.82 Å². The van der Waals surface area contributed by atoms with Crippen LogP contribution in [0.25, 0.3) is 0 Å². The fraction of sp³-hybridized carbons (Fsp3) is 0.467. The number of benzene rings is 1. The third-order valence-corrected chi connectivity index (χ3v) is 3.50. The second-order valence-corrected chi connectivity index (χ2v) is 5.18. The minimum Gasteiger partial charge on any atom is -0.497 e. The molecule has 1 aliphatic rings.